The molecule has 0 aromatic heterocycles. The third-order valence-electron chi connectivity index (χ3n) is 4.28. The number of amides is 1. The van der Waals surface area contributed by atoms with E-state index in [1.54, 1.807) is 0 Å². The number of nitrogens with one attached hydrogen (secondary N) is 1. The number of carbonyl (C=O) groups is 1. The molecule has 3 N–H and O–H groups in total. The van der Waals surface area contributed by atoms with Gasteiger partial charge in [0.15, 0.2) is 0 Å². The smallest absolute Gasteiger partial charge is 0.243 e. The highest BCUT2D eigenvalue weighted by Gasteiger charge is 2.26. The number of nitrogens with zero attached hydrogens (tertiary/aromatic N) is 1. The number of fused-ring (bicyclic) bond motifs is 1. The molecule has 0 fully saturated rings. The highest BCUT2D eigenvalue weighted by Crippen LogP contribution is 2.35. The molecule has 138 valence electrons. The zero-order valence-electron chi connectivity index (χ0n) is 15.2. The molecule has 6 nitrogen and oxygen atoms in total. The van der Waals surface area contributed by atoms with E-state index in [1.165, 1.54) is 0 Å². The molecule has 1 aliphatic rings. The Morgan fingerprint density at radius 1 is 1.27 bits per heavy atom. The van der Waals surface area contributed by atoms with E-state index in [-0.39, 0.29) is 18.6 Å². The minimum absolute atomic E-state index is 0.0441. The standard InChI is InChI=1S/C20H25N3O3/c1-3-16-12-23(18-10-5-14(21)11-19(18)26-16)13-20(24)22-15-6-8-17(9-7-15)25-4-2/h5-11,16H,3-4,12-13,21H2,1-2H3,(H,22,24). The zero-order chi connectivity index (χ0) is 18.5. The van der Waals surface area contributed by atoms with Gasteiger partial charge >= 0.3 is 0 Å². The van der Waals surface area contributed by atoms with Crippen molar-refractivity contribution in [2.24, 2.45) is 0 Å². The van der Waals surface area contributed by atoms with E-state index in [9.17, 15) is 4.79 Å². The number of ether oxygens (including phenoxy) is 2. The molecule has 26 heavy (non-hydrogen) atoms. The molecule has 3 rings (SSSR count). The van der Waals surface area contributed by atoms with Crippen molar-refractivity contribution in [3.05, 3.63) is 42.5 Å². The second-order valence-electron chi connectivity index (χ2n) is 6.26. The Morgan fingerprint density at radius 3 is 2.73 bits per heavy atom. The fourth-order valence-corrected chi connectivity index (χ4v) is 2.98. The average molecular weight is 355 g/mol. The van der Waals surface area contributed by atoms with Crippen molar-refractivity contribution in [3.8, 4) is 11.5 Å². The average Bonchev–Trinajstić information content (AvgIpc) is 2.63. The van der Waals surface area contributed by atoms with Crippen LogP contribution in [-0.2, 0) is 4.79 Å². The van der Waals surface area contributed by atoms with E-state index in [2.05, 4.69) is 12.2 Å². The van der Waals surface area contributed by atoms with E-state index in [1.807, 2.05) is 54.3 Å². The molecule has 0 bridgehead atoms. The SMILES string of the molecule is CCOc1ccc(NC(=O)CN2CC(CC)Oc3cc(N)ccc32)cc1. The maximum atomic E-state index is 12.5. The van der Waals surface area contributed by atoms with Crippen molar-refractivity contribution in [1.29, 1.82) is 0 Å². The zero-order valence-corrected chi connectivity index (χ0v) is 15.2. The Labute approximate surface area is 153 Å². The summed E-state index contributed by atoms with van der Waals surface area (Å²) in [6.45, 7) is 5.55. The van der Waals surface area contributed by atoms with Gasteiger partial charge < -0.3 is 25.4 Å². The Balaban J connectivity index is 1.68. The number of carbonyl (C=O) groups excluding carboxylic acids is 1. The largest absolute Gasteiger partial charge is 0.494 e. The molecule has 6 heteroatoms. The summed E-state index contributed by atoms with van der Waals surface area (Å²) in [5.41, 5.74) is 8.16. The molecular weight excluding hydrogens is 330 g/mol. The predicted octanol–water partition coefficient (Wildman–Crippen LogP) is 3.28. The minimum atomic E-state index is -0.0753. The number of anilines is 3. The maximum absolute atomic E-state index is 12.5. The van der Waals surface area contributed by atoms with Crippen molar-refractivity contribution in [2.75, 3.05) is 35.6 Å². The first-order chi connectivity index (χ1) is 12.6. The van der Waals surface area contributed by atoms with Crippen LogP contribution in [0.4, 0.5) is 17.1 Å². The highest BCUT2D eigenvalue weighted by molar-refractivity contribution is 5.94. The molecule has 2 aromatic rings. The van der Waals surface area contributed by atoms with Crippen LogP contribution in [0.2, 0.25) is 0 Å². The fraction of sp³-hybridized carbons (Fsp3) is 0.350. The van der Waals surface area contributed by atoms with Crippen LogP contribution in [-0.4, -0.2) is 31.7 Å². The van der Waals surface area contributed by atoms with Crippen molar-refractivity contribution >= 4 is 23.0 Å². The second kappa shape index (κ2) is 7.99. The number of rotatable bonds is 6. The minimum Gasteiger partial charge on any atom is -0.494 e. The van der Waals surface area contributed by atoms with Crippen LogP contribution in [0.3, 0.4) is 0 Å². The summed E-state index contributed by atoms with van der Waals surface area (Å²) >= 11 is 0. The lowest BCUT2D eigenvalue weighted by atomic mass is 10.1. The normalized spacial score (nSPS) is 15.8. The molecule has 0 spiro atoms. The summed E-state index contributed by atoms with van der Waals surface area (Å²) in [4.78, 5) is 14.6. The van der Waals surface area contributed by atoms with Gasteiger partial charge in [0.1, 0.15) is 17.6 Å². The topological polar surface area (TPSA) is 76.8 Å². The summed E-state index contributed by atoms with van der Waals surface area (Å²) in [5, 5.41) is 2.93. The summed E-state index contributed by atoms with van der Waals surface area (Å²) in [7, 11) is 0. The van der Waals surface area contributed by atoms with Gasteiger partial charge in [0, 0.05) is 17.4 Å². The Bertz CT molecular complexity index is 761. The Morgan fingerprint density at radius 2 is 2.04 bits per heavy atom. The fourth-order valence-electron chi connectivity index (χ4n) is 2.98. The van der Waals surface area contributed by atoms with Crippen LogP contribution in [0.1, 0.15) is 20.3 Å². The van der Waals surface area contributed by atoms with Gasteiger partial charge in [-0.1, -0.05) is 6.92 Å². The van der Waals surface area contributed by atoms with Gasteiger partial charge in [-0.25, -0.2) is 0 Å². The molecule has 2 aromatic carbocycles. The molecule has 0 radical (unpaired) electrons. The van der Waals surface area contributed by atoms with Crippen LogP contribution < -0.4 is 25.4 Å². The van der Waals surface area contributed by atoms with Crippen LogP contribution in [0.15, 0.2) is 42.5 Å². The van der Waals surface area contributed by atoms with Gasteiger partial charge in [-0.2, -0.15) is 0 Å². The summed E-state index contributed by atoms with van der Waals surface area (Å²) in [5.74, 6) is 1.45. The van der Waals surface area contributed by atoms with Gasteiger partial charge in [0.2, 0.25) is 5.91 Å². The third-order valence-corrected chi connectivity index (χ3v) is 4.28. The first-order valence-corrected chi connectivity index (χ1v) is 8.93. The van der Waals surface area contributed by atoms with Gasteiger partial charge in [0.25, 0.3) is 0 Å². The number of nitrogen functional groups attached to an aromatic ring is 1. The van der Waals surface area contributed by atoms with Crippen molar-refractivity contribution in [1.82, 2.24) is 0 Å². The Hall–Kier alpha value is -2.89. The summed E-state index contributed by atoms with van der Waals surface area (Å²) < 4.78 is 11.4. The van der Waals surface area contributed by atoms with E-state index >= 15 is 0 Å². The molecule has 1 heterocycles. The highest BCUT2D eigenvalue weighted by atomic mass is 16.5. The second-order valence-corrected chi connectivity index (χ2v) is 6.26. The van der Waals surface area contributed by atoms with Crippen LogP contribution in [0.25, 0.3) is 0 Å². The number of benzene rings is 2. The molecular formula is C20H25N3O3. The Kier molecular flexibility index (Phi) is 5.51. The molecule has 1 amide bonds. The lowest BCUT2D eigenvalue weighted by Crippen LogP contribution is -2.43. The van der Waals surface area contributed by atoms with Gasteiger partial charge in [-0.05, 0) is 49.7 Å². The molecule has 0 saturated carbocycles. The number of nitrogens with two attached hydrogens (primary N) is 1. The first kappa shape index (κ1) is 17.9. The van der Waals surface area contributed by atoms with Crippen molar-refractivity contribution < 1.29 is 14.3 Å². The van der Waals surface area contributed by atoms with E-state index in [4.69, 9.17) is 15.2 Å². The van der Waals surface area contributed by atoms with Crippen LogP contribution in [0, 0.1) is 0 Å². The quantitative estimate of drug-likeness (QED) is 0.778. The molecule has 0 aliphatic carbocycles. The summed E-state index contributed by atoms with van der Waals surface area (Å²) in [6, 6.07) is 12.9. The summed E-state index contributed by atoms with van der Waals surface area (Å²) in [6.07, 6.45) is 0.910. The third kappa shape index (κ3) is 4.20. The van der Waals surface area contributed by atoms with E-state index in [0.717, 1.165) is 29.3 Å². The van der Waals surface area contributed by atoms with Crippen molar-refractivity contribution in [2.45, 2.75) is 26.4 Å². The van der Waals surface area contributed by atoms with E-state index < -0.39 is 0 Å². The molecule has 1 unspecified atom stereocenters. The van der Waals surface area contributed by atoms with E-state index in [0.29, 0.717) is 18.8 Å². The van der Waals surface area contributed by atoms with Crippen LogP contribution >= 0.6 is 0 Å². The molecule has 0 saturated heterocycles. The molecule has 1 aliphatic heterocycles. The van der Waals surface area contributed by atoms with Gasteiger partial charge in [-0.3, -0.25) is 4.79 Å². The van der Waals surface area contributed by atoms with Crippen molar-refractivity contribution in [3.63, 3.8) is 0 Å². The van der Waals surface area contributed by atoms with Gasteiger partial charge in [-0.15, -0.1) is 0 Å². The monoisotopic (exact) mass is 355 g/mol. The van der Waals surface area contributed by atoms with Gasteiger partial charge in [0.05, 0.1) is 25.4 Å². The molecule has 1 atom stereocenters. The first-order valence-electron chi connectivity index (χ1n) is 8.93. The number of hydrogen-bond acceptors (Lipinski definition) is 5. The lowest BCUT2D eigenvalue weighted by Gasteiger charge is -2.35. The lowest BCUT2D eigenvalue weighted by molar-refractivity contribution is -0.115. The predicted molar refractivity (Wildman–Crippen MR) is 104 cm³/mol. The van der Waals surface area contributed by atoms with Crippen LogP contribution in [0.5, 0.6) is 11.5 Å². The number of hydrogen-bond donors (Lipinski definition) is 2. The maximum Gasteiger partial charge on any atom is 0.243 e.